The van der Waals surface area contributed by atoms with Crippen LogP contribution in [0.2, 0.25) is 0 Å². The van der Waals surface area contributed by atoms with Crippen molar-refractivity contribution in [3.05, 3.63) is 59.8 Å². The van der Waals surface area contributed by atoms with Crippen molar-refractivity contribution >= 4 is 23.4 Å². The van der Waals surface area contributed by atoms with E-state index >= 15 is 0 Å². The second-order valence-electron chi connectivity index (χ2n) is 22.9. The van der Waals surface area contributed by atoms with E-state index in [4.69, 9.17) is 23.7 Å². The zero-order chi connectivity index (χ0) is 52.1. The predicted molar refractivity (Wildman–Crippen MR) is 275 cm³/mol. The van der Waals surface area contributed by atoms with E-state index in [2.05, 4.69) is 33.4 Å². The summed E-state index contributed by atoms with van der Waals surface area (Å²) in [5.41, 5.74) is 2.32. The van der Waals surface area contributed by atoms with Gasteiger partial charge in [0.1, 0.15) is 17.9 Å². The Labute approximate surface area is 422 Å². The Morgan fingerprint density at radius 2 is 1.61 bits per heavy atom. The Hall–Kier alpha value is -3.26. The van der Waals surface area contributed by atoms with Crippen molar-refractivity contribution in [1.29, 1.82) is 0 Å². The highest BCUT2D eigenvalue weighted by Gasteiger charge is 2.53. The lowest BCUT2D eigenvalue weighted by Gasteiger charge is -2.42. The number of cyclic esters (lactones) is 1. The van der Waals surface area contributed by atoms with Crippen molar-refractivity contribution in [2.45, 2.75) is 208 Å². The van der Waals surface area contributed by atoms with Gasteiger partial charge in [-0.3, -0.25) is 14.4 Å². The molecular formula is C58H93NO11. The number of nitrogens with zero attached hydrogens (tertiary/aromatic N) is 1. The Morgan fingerprint density at radius 3 is 2.29 bits per heavy atom. The molecular weight excluding hydrogens is 887 g/mol. The molecule has 70 heavy (non-hydrogen) atoms. The van der Waals surface area contributed by atoms with Crippen molar-refractivity contribution in [2.75, 3.05) is 26.9 Å². The van der Waals surface area contributed by atoms with Gasteiger partial charge in [0.05, 0.1) is 43.2 Å². The van der Waals surface area contributed by atoms with Gasteiger partial charge in [0.25, 0.3) is 11.7 Å². The van der Waals surface area contributed by atoms with Crippen molar-refractivity contribution in [3.63, 3.8) is 0 Å². The summed E-state index contributed by atoms with van der Waals surface area (Å²) in [6.45, 7) is 29.5. The fraction of sp³-hybridized carbons (Fsp3) is 0.759. The largest absolute Gasteiger partial charge is 0.460 e. The van der Waals surface area contributed by atoms with Crippen LogP contribution in [0.3, 0.4) is 0 Å². The van der Waals surface area contributed by atoms with E-state index in [1.165, 1.54) is 4.90 Å². The molecule has 2 N–H and O–H groups in total. The Balaban J connectivity index is 1.64. The van der Waals surface area contributed by atoms with Crippen LogP contribution in [0.5, 0.6) is 0 Å². The molecule has 0 aromatic carbocycles. The highest BCUT2D eigenvalue weighted by Crippen LogP contribution is 2.39. The Kier molecular flexibility index (Phi) is 23.0. The van der Waals surface area contributed by atoms with Crippen molar-refractivity contribution < 1.29 is 53.1 Å². The third-order valence-corrected chi connectivity index (χ3v) is 15.8. The first-order valence-corrected chi connectivity index (χ1v) is 26.7. The number of amides is 1. The van der Waals surface area contributed by atoms with Crippen LogP contribution in [0.4, 0.5) is 0 Å². The topological polar surface area (TPSA) is 158 Å². The number of aliphatic hydroxyl groups excluding tert-OH is 1. The number of carbonyl (C=O) groups is 4. The standard InChI is InChI=1S/C58H93NO11/c1-36-20-16-15-17-21-37(2)51(66-14)34-47-25-23-43(8)58(65,70-47)54(62)55(63)59-27-19-18-22-48(59)56(64)69-52(35-49(60)39(4)31-42(7)53(61)45(10)44(9)38(3)30-36)41(6)33-46-24-26-50(40(5)32-46)67-28-29-68-57(11,12)13/h15-17,20-21,31,36,38-41,43,45-48,50-53,61,65H,9,18-19,22-30,32-35H2,1-8,10-14H3/b17-15+,20-16+,37-21+,42-31+/t36-,38-,39-,40-,41-,43-,45+,46-,47+,48+,50-,51+,52+,53-,58-/m1/s1. The van der Waals surface area contributed by atoms with Gasteiger partial charge in [-0.15, -0.1) is 0 Å². The maximum atomic E-state index is 14.5. The molecule has 2 saturated heterocycles. The third kappa shape index (κ3) is 16.9. The second kappa shape index (κ2) is 27.2. The molecule has 4 rings (SSSR count). The minimum Gasteiger partial charge on any atom is -0.460 e. The third-order valence-electron chi connectivity index (χ3n) is 15.8. The number of ketones is 2. The lowest BCUT2D eigenvalue weighted by atomic mass is 9.75. The Bertz CT molecular complexity index is 1880. The van der Waals surface area contributed by atoms with Gasteiger partial charge < -0.3 is 38.8 Å². The first-order chi connectivity index (χ1) is 32.9. The lowest BCUT2D eigenvalue weighted by Crippen LogP contribution is -2.61. The number of hydrogen-bond donors (Lipinski definition) is 2. The lowest BCUT2D eigenvalue weighted by molar-refractivity contribution is -0.265. The summed E-state index contributed by atoms with van der Waals surface area (Å²) in [7, 11) is 1.61. The van der Waals surface area contributed by atoms with E-state index in [0.717, 1.165) is 36.8 Å². The number of esters is 1. The molecule has 12 nitrogen and oxygen atoms in total. The number of piperidine rings is 1. The molecule has 3 aliphatic heterocycles. The minimum atomic E-state index is -2.40. The molecule has 0 unspecified atom stereocenters. The summed E-state index contributed by atoms with van der Waals surface area (Å²) in [5.74, 6) is -6.02. The number of allylic oxidation sites excluding steroid dienone is 6. The van der Waals surface area contributed by atoms with Gasteiger partial charge in [-0.25, -0.2) is 4.79 Å². The van der Waals surface area contributed by atoms with Crippen LogP contribution < -0.4 is 0 Å². The van der Waals surface area contributed by atoms with Gasteiger partial charge >= 0.3 is 5.97 Å². The normalized spacial score (nSPS) is 38.6. The van der Waals surface area contributed by atoms with Crippen LogP contribution >= 0.6 is 0 Å². The molecule has 1 aliphatic carbocycles. The monoisotopic (exact) mass is 980 g/mol. The van der Waals surface area contributed by atoms with Crippen LogP contribution in [-0.2, 0) is 42.9 Å². The smallest absolute Gasteiger partial charge is 0.329 e. The SMILES string of the molecule is C=C1[C@H](C)C[C@H](C)/C=C/C=C/C=C(\C)[C@@H](OC)C[C@@H]2CC[C@@H](C)[C@@](O)(O2)C(=O)C(=O)N2CCCC[C@H]2C(=O)O[C@H]([C@H](C)C[C@@H]2CC[C@@H](OCCOC(C)(C)C)[C@H](C)C2)CC(=O)[C@H](C)/C=C(\C)[C@@H](O)[C@H]1C. The molecule has 2 bridgehead atoms. The number of rotatable bonds is 8. The second-order valence-corrected chi connectivity index (χ2v) is 22.9. The number of Topliss-reactive ketones (excluding diaryl/α,β-unsaturated/α-hetero) is 2. The molecule has 1 saturated carbocycles. The maximum Gasteiger partial charge on any atom is 0.329 e. The van der Waals surface area contributed by atoms with E-state index < -0.39 is 59.6 Å². The zero-order valence-electron chi connectivity index (χ0n) is 45.4. The molecule has 0 radical (unpaired) electrons. The quantitative estimate of drug-likeness (QED) is 0.103. The highest BCUT2D eigenvalue weighted by atomic mass is 16.6. The molecule has 0 aromatic heterocycles. The fourth-order valence-corrected chi connectivity index (χ4v) is 11.1. The molecule has 396 valence electrons. The number of carbonyl (C=O) groups excluding carboxylic acids is 4. The first-order valence-electron chi connectivity index (χ1n) is 26.7. The number of methoxy groups -OCH3 is 1. The zero-order valence-corrected chi connectivity index (χ0v) is 45.4. The van der Waals surface area contributed by atoms with Gasteiger partial charge in [0, 0.05) is 44.2 Å². The van der Waals surface area contributed by atoms with Crippen molar-refractivity contribution in [1.82, 2.24) is 4.90 Å². The fourth-order valence-electron chi connectivity index (χ4n) is 11.1. The van der Waals surface area contributed by atoms with Crippen LogP contribution in [0.25, 0.3) is 0 Å². The summed E-state index contributed by atoms with van der Waals surface area (Å²) in [6.07, 6.45) is 16.5. The van der Waals surface area contributed by atoms with Crippen LogP contribution in [0, 0.1) is 47.3 Å². The molecule has 3 heterocycles. The summed E-state index contributed by atoms with van der Waals surface area (Å²) in [4.78, 5) is 58.7. The van der Waals surface area contributed by atoms with E-state index in [9.17, 15) is 29.4 Å². The highest BCUT2D eigenvalue weighted by molar-refractivity contribution is 6.39. The summed E-state index contributed by atoms with van der Waals surface area (Å²) >= 11 is 0. The molecule has 4 aliphatic rings. The van der Waals surface area contributed by atoms with Crippen LogP contribution in [0.15, 0.2) is 59.8 Å². The summed E-state index contributed by atoms with van der Waals surface area (Å²) in [6, 6.07) is -1.08. The molecule has 1 amide bonds. The van der Waals surface area contributed by atoms with Gasteiger partial charge in [-0.05, 0) is 140 Å². The van der Waals surface area contributed by atoms with Gasteiger partial charge in [0.15, 0.2) is 0 Å². The van der Waals surface area contributed by atoms with Gasteiger partial charge in [0.2, 0.25) is 5.79 Å². The minimum absolute atomic E-state index is 0.0567. The van der Waals surface area contributed by atoms with Crippen molar-refractivity contribution in [3.8, 4) is 0 Å². The Morgan fingerprint density at radius 1 is 0.900 bits per heavy atom. The van der Waals surface area contributed by atoms with E-state index in [1.54, 1.807) is 14.0 Å². The predicted octanol–water partition coefficient (Wildman–Crippen LogP) is 10.2. The van der Waals surface area contributed by atoms with Crippen LogP contribution in [-0.4, -0.2) is 113 Å². The van der Waals surface area contributed by atoms with Crippen molar-refractivity contribution in [2.24, 2.45) is 47.3 Å². The van der Waals surface area contributed by atoms with E-state index in [1.807, 2.05) is 85.8 Å². The van der Waals surface area contributed by atoms with E-state index in [-0.39, 0.29) is 66.7 Å². The number of hydrogen-bond acceptors (Lipinski definition) is 11. The molecule has 15 atom stereocenters. The molecule has 12 heteroatoms. The number of ether oxygens (including phenoxy) is 5. The average Bonchev–Trinajstić information content (AvgIpc) is 3.31. The molecule has 3 fully saturated rings. The number of aliphatic hydroxyl groups is 2. The molecule has 0 spiro atoms. The van der Waals surface area contributed by atoms with Crippen LogP contribution in [0.1, 0.15) is 160 Å². The summed E-state index contributed by atoms with van der Waals surface area (Å²) in [5, 5.41) is 23.6. The van der Waals surface area contributed by atoms with Gasteiger partial charge in [-0.1, -0.05) is 97.1 Å². The maximum absolute atomic E-state index is 14.5. The average molecular weight is 980 g/mol. The van der Waals surface area contributed by atoms with Gasteiger partial charge in [-0.2, -0.15) is 0 Å². The number of fused-ring (bicyclic) bond motifs is 3. The summed E-state index contributed by atoms with van der Waals surface area (Å²) < 4.78 is 30.7. The molecule has 0 aromatic rings. The van der Waals surface area contributed by atoms with E-state index in [0.29, 0.717) is 69.1 Å². The first kappa shape index (κ1) is 59.3.